The lowest BCUT2D eigenvalue weighted by molar-refractivity contribution is 0.0988. The summed E-state index contributed by atoms with van der Waals surface area (Å²) >= 11 is 1.74. The summed E-state index contributed by atoms with van der Waals surface area (Å²) in [5, 5.41) is 2.22. The standard InChI is InChI=1S/C24H27N3OS/c1-15-9-16(2)13-27(12-15)21-7-8-25-11-18(21)10-22(28)20-5-6-23-24(26-20)19(14-29-23)17-3-4-17/h5-8,11,14-17H,3-4,9-10,12-13H2,1-2H3/t15-,16+. The first-order valence-corrected chi connectivity index (χ1v) is 11.6. The van der Waals surface area contributed by atoms with E-state index in [1.54, 1.807) is 11.3 Å². The number of piperidine rings is 1. The van der Waals surface area contributed by atoms with Crippen molar-refractivity contribution in [2.24, 2.45) is 11.8 Å². The number of pyridine rings is 2. The van der Waals surface area contributed by atoms with E-state index in [2.05, 4.69) is 41.2 Å². The summed E-state index contributed by atoms with van der Waals surface area (Å²) in [5.74, 6) is 2.06. The van der Waals surface area contributed by atoms with Crippen LogP contribution >= 0.6 is 11.3 Å². The fourth-order valence-corrected chi connectivity index (χ4v) is 5.74. The number of hydrogen-bond donors (Lipinski definition) is 0. The number of rotatable bonds is 5. The van der Waals surface area contributed by atoms with Crippen LogP contribution in [0.2, 0.25) is 0 Å². The van der Waals surface area contributed by atoms with Gasteiger partial charge in [-0.05, 0) is 66.2 Å². The second-order valence-corrected chi connectivity index (χ2v) is 9.88. The molecule has 2 fully saturated rings. The van der Waals surface area contributed by atoms with Crippen LogP contribution in [-0.4, -0.2) is 28.8 Å². The van der Waals surface area contributed by atoms with Gasteiger partial charge in [0, 0.05) is 43.2 Å². The summed E-state index contributed by atoms with van der Waals surface area (Å²) < 4.78 is 1.18. The van der Waals surface area contributed by atoms with Gasteiger partial charge in [-0.25, -0.2) is 4.98 Å². The van der Waals surface area contributed by atoms with Gasteiger partial charge >= 0.3 is 0 Å². The van der Waals surface area contributed by atoms with Crippen LogP contribution in [0.1, 0.15) is 60.6 Å². The first-order chi connectivity index (χ1) is 14.1. The molecule has 5 rings (SSSR count). The van der Waals surface area contributed by atoms with E-state index in [1.165, 1.54) is 29.5 Å². The van der Waals surface area contributed by atoms with Gasteiger partial charge in [-0.3, -0.25) is 9.78 Å². The molecule has 5 heteroatoms. The maximum atomic E-state index is 13.1. The predicted octanol–water partition coefficient (Wildman–Crippen LogP) is 5.48. The molecule has 0 radical (unpaired) electrons. The summed E-state index contributed by atoms with van der Waals surface area (Å²) in [6.07, 6.45) is 7.81. The lowest BCUT2D eigenvalue weighted by Crippen LogP contribution is -2.39. The summed E-state index contributed by atoms with van der Waals surface area (Å²) in [4.78, 5) is 24.7. The third kappa shape index (κ3) is 3.80. The van der Waals surface area contributed by atoms with Crippen molar-refractivity contribution in [2.75, 3.05) is 18.0 Å². The molecule has 0 N–H and O–H groups in total. The van der Waals surface area contributed by atoms with Gasteiger partial charge in [0.15, 0.2) is 5.78 Å². The summed E-state index contributed by atoms with van der Waals surface area (Å²) in [7, 11) is 0. The molecule has 4 heterocycles. The van der Waals surface area contributed by atoms with Gasteiger partial charge in [-0.15, -0.1) is 11.3 Å². The van der Waals surface area contributed by atoms with E-state index >= 15 is 0 Å². The molecule has 1 aliphatic heterocycles. The molecule has 3 aromatic heterocycles. The molecule has 0 unspecified atom stereocenters. The Morgan fingerprint density at radius 3 is 2.72 bits per heavy atom. The number of fused-ring (bicyclic) bond motifs is 1. The van der Waals surface area contributed by atoms with Gasteiger partial charge in [0.05, 0.1) is 10.2 Å². The number of carbonyl (C=O) groups is 1. The quantitative estimate of drug-likeness (QED) is 0.528. The molecular weight excluding hydrogens is 378 g/mol. The average molecular weight is 406 g/mol. The molecule has 2 aliphatic rings. The van der Waals surface area contributed by atoms with Crippen molar-refractivity contribution in [2.45, 2.75) is 45.4 Å². The zero-order valence-corrected chi connectivity index (χ0v) is 17.9. The van der Waals surface area contributed by atoms with E-state index < -0.39 is 0 Å². The molecule has 150 valence electrons. The van der Waals surface area contributed by atoms with Crippen LogP contribution in [0.25, 0.3) is 10.2 Å². The summed E-state index contributed by atoms with van der Waals surface area (Å²) in [6.45, 7) is 6.71. The lowest BCUT2D eigenvalue weighted by atomic mass is 9.91. The topological polar surface area (TPSA) is 46.1 Å². The number of hydrogen-bond acceptors (Lipinski definition) is 5. The SMILES string of the molecule is C[C@@H]1C[C@H](C)CN(c2ccncc2CC(=O)c2ccc3scc(C4CC4)c3n2)C1. The van der Waals surface area contributed by atoms with Crippen LogP contribution in [0.3, 0.4) is 0 Å². The Labute approximate surface area is 176 Å². The van der Waals surface area contributed by atoms with Gasteiger partial charge < -0.3 is 4.90 Å². The smallest absolute Gasteiger partial charge is 0.185 e. The van der Waals surface area contributed by atoms with E-state index in [0.29, 0.717) is 29.9 Å². The van der Waals surface area contributed by atoms with Crippen molar-refractivity contribution in [1.82, 2.24) is 9.97 Å². The van der Waals surface area contributed by atoms with E-state index in [4.69, 9.17) is 4.98 Å². The Balaban J connectivity index is 1.41. The first-order valence-electron chi connectivity index (χ1n) is 10.7. The van der Waals surface area contributed by atoms with Gasteiger partial charge in [-0.2, -0.15) is 0 Å². The number of Topliss-reactive ketones (excluding diaryl/α,β-unsaturated/α-hetero) is 1. The average Bonchev–Trinajstić information content (AvgIpc) is 3.46. The highest BCUT2D eigenvalue weighted by Gasteiger charge is 2.28. The van der Waals surface area contributed by atoms with E-state index in [1.807, 2.05) is 18.5 Å². The molecule has 0 aromatic carbocycles. The number of nitrogens with zero attached hydrogens (tertiary/aromatic N) is 3. The van der Waals surface area contributed by atoms with E-state index in [9.17, 15) is 4.79 Å². The number of aromatic nitrogens is 2. The second-order valence-electron chi connectivity index (χ2n) is 8.96. The van der Waals surface area contributed by atoms with Crippen LogP contribution in [0, 0.1) is 11.8 Å². The van der Waals surface area contributed by atoms with Crippen molar-refractivity contribution >= 4 is 33.0 Å². The molecule has 1 saturated heterocycles. The number of anilines is 1. The lowest BCUT2D eigenvalue weighted by Gasteiger charge is -2.37. The highest BCUT2D eigenvalue weighted by molar-refractivity contribution is 7.17. The maximum absolute atomic E-state index is 13.1. The monoisotopic (exact) mass is 405 g/mol. The molecule has 0 bridgehead atoms. The predicted molar refractivity (Wildman–Crippen MR) is 119 cm³/mol. The van der Waals surface area contributed by atoms with Gasteiger partial charge in [0.1, 0.15) is 5.69 Å². The Kier molecular flexibility index (Phi) is 4.86. The van der Waals surface area contributed by atoms with Crippen molar-refractivity contribution < 1.29 is 4.79 Å². The highest BCUT2D eigenvalue weighted by atomic mass is 32.1. The number of ketones is 1. The van der Waals surface area contributed by atoms with Gasteiger partial charge in [0.25, 0.3) is 0 Å². The molecule has 0 amide bonds. The third-order valence-electron chi connectivity index (χ3n) is 6.19. The zero-order chi connectivity index (χ0) is 20.0. The molecule has 0 spiro atoms. The Hall–Kier alpha value is -2.27. The summed E-state index contributed by atoms with van der Waals surface area (Å²) in [5.41, 5.74) is 5.11. The minimum absolute atomic E-state index is 0.0761. The first kappa shape index (κ1) is 18.7. The fourth-order valence-electron chi connectivity index (χ4n) is 4.76. The number of carbonyl (C=O) groups excluding carboxylic acids is 1. The zero-order valence-electron chi connectivity index (χ0n) is 17.1. The second kappa shape index (κ2) is 7.52. The van der Waals surface area contributed by atoms with E-state index in [0.717, 1.165) is 29.9 Å². The molecule has 29 heavy (non-hydrogen) atoms. The van der Waals surface area contributed by atoms with Crippen molar-refractivity contribution in [3.8, 4) is 0 Å². The van der Waals surface area contributed by atoms with Crippen molar-refractivity contribution in [1.29, 1.82) is 0 Å². The normalized spacial score (nSPS) is 22.2. The molecule has 4 nitrogen and oxygen atoms in total. The van der Waals surface area contributed by atoms with Crippen molar-refractivity contribution in [3.63, 3.8) is 0 Å². The molecule has 2 atom stereocenters. The van der Waals surface area contributed by atoms with Crippen LogP contribution < -0.4 is 4.90 Å². The van der Waals surface area contributed by atoms with Crippen LogP contribution in [-0.2, 0) is 6.42 Å². The molecular formula is C24H27N3OS. The minimum atomic E-state index is 0.0761. The molecule has 1 aliphatic carbocycles. The van der Waals surface area contributed by atoms with Crippen LogP contribution in [0.5, 0.6) is 0 Å². The molecule has 1 saturated carbocycles. The van der Waals surface area contributed by atoms with Gasteiger partial charge in [-0.1, -0.05) is 13.8 Å². The maximum Gasteiger partial charge on any atom is 0.185 e. The van der Waals surface area contributed by atoms with Crippen molar-refractivity contribution in [3.05, 3.63) is 52.8 Å². The Bertz CT molecular complexity index is 1050. The highest BCUT2D eigenvalue weighted by Crippen LogP contribution is 2.44. The minimum Gasteiger partial charge on any atom is -0.371 e. The van der Waals surface area contributed by atoms with E-state index in [-0.39, 0.29) is 5.78 Å². The van der Waals surface area contributed by atoms with Crippen LogP contribution in [0.4, 0.5) is 5.69 Å². The Morgan fingerprint density at radius 1 is 1.17 bits per heavy atom. The Morgan fingerprint density at radius 2 is 1.97 bits per heavy atom. The number of thiophene rings is 1. The fraction of sp³-hybridized carbons (Fsp3) is 0.458. The third-order valence-corrected chi connectivity index (χ3v) is 7.14. The summed E-state index contributed by atoms with van der Waals surface area (Å²) in [6, 6.07) is 6.01. The van der Waals surface area contributed by atoms with Gasteiger partial charge in [0.2, 0.25) is 0 Å². The largest absolute Gasteiger partial charge is 0.371 e. The van der Waals surface area contributed by atoms with Crippen LogP contribution in [0.15, 0.2) is 36.0 Å². The molecule has 3 aromatic rings.